The molecule has 112 valence electrons. The van der Waals surface area contributed by atoms with Crippen LogP contribution in [0.5, 0.6) is 0 Å². The number of rotatable bonds is 5. The quantitative estimate of drug-likeness (QED) is 0.917. The van der Waals surface area contributed by atoms with E-state index in [9.17, 15) is 4.79 Å². The average Bonchev–Trinajstić information content (AvgIpc) is 3.25. The highest BCUT2D eigenvalue weighted by Crippen LogP contribution is 2.26. The van der Waals surface area contributed by atoms with Gasteiger partial charge < -0.3 is 9.32 Å². The van der Waals surface area contributed by atoms with E-state index < -0.39 is 0 Å². The van der Waals surface area contributed by atoms with Crippen LogP contribution in [0.2, 0.25) is 0 Å². The smallest absolute Gasteiger partial charge is 0.294 e. The molecule has 1 aliphatic rings. The molecule has 1 fully saturated rings. The Bertz CT molecular complexity index is 585. The number of carbonyl (C=O) groups excluding carboxylic acids is 1. The van der Waals surface area contributed by atoms with Gasteiger partial charge in [0.15, 0.2) is 0 Å². The van der Waals surface area contributed by atoms with Gasteiger partial charge in [-0.2, -0.15) is 0 Å². The van der Waals surface area contributed by atoms with Gasteiger partial charge in [0.1, 0.15) is 11.6 Å². The summed E-state index contributed by atoms with van der Waals surface area (Å²) in [6.45, 7) is 2.46. The van der Waals surface area contributed by atoms with Gasteiger partial charge in [-0.1, -0.05) is 19.8 Å². The molecular weight excluding hydrogens is 268 g/mol. The van der Waals surface area contributed by atoms with Crippen molar-refractivity contribution < 1.29 is 9.21 Å². The summed E-state index contributed by atoms with van der Waals surface area (Å²) in [6.07, 6.45) is 6.78. The molecule has 0 aliphatic heterocycles. The number of furan rings is 1. The first kappa shape index (κ1) is 13.9. The number of nitrogens with one attached hydrogen (secondary N) is 1. The SMILES string of the molecule is CCc1nc(C(=O)N(Cc2ccco2)C2CCCC2)n[nH]1. The van der Waals surface area contributed by atoms with E-state index in [0.29, 0.717) is 6.54 Å². The van der Waals surface area contributed by atoms with E-state index in [1.807, 2.05) is 24.0 Å². The number of amides is 1. The van der Waals surface area contributed by atoms with E-state index in [1.54, 1.807) is 6.26 Å². The molecular formula is C15H20N4O2. The van der Waals surface area contributed by atoms with E-state index in [1.165, 1.54) is 12.8 Å². The predicted molar refractivity (Wildman–Crippen MR) is 76.6 cm³/mol. The molecule has 6 nitrogen and oxygen atoms in total. The lowest BCUT2D eigenvalue weighted by atomic mass is 10.2. The molecule has 21 heavy (non-hydrogen) atoms. The minimum atomic E-state index is -0.116. The molecule has 0 unspecified atom stereocenters. The third-order valence-corrected chi connectivity index (χ3v) is 3.99. The van der Waals surface area contributed by atoms with Crippen LogP contribution in [-0.2, 0) is 13.0 Å². The maximum atomic E-state index is 12.7. The Morgan fingerprint density at radius 2 is 2.29 bits per heavy atom. The Hall–Kier alpha value is -2.11. The first-order chi connectivity index (χ1) is 10.3. The van der Waals surface area contributed by atoms with Gasteiger partial charge >= 0.3 is 0 Å². The van der Waals surface area contributed by atoms with E-state index in [2.05, 4.69) is 15.2 Å². The molecule has 0 aromatic carbocycles. The maximum Gasteiger partial charge on any atom is 0.294 e. The molecule has 0 atom stereocenters. The highest BCUT2D eigenvalue weighted by atomic mass is 16.3. The van der Waals surface area contributed by atoms with Crippen molar-refractivity contribution in [3.8, 4) is 0 Å². The summed E-state index contributed by atoms with van der Waals surface area (Å²) in [4.78, 5) is 18.8. The number of aromatic amines is 1. The van der Waals surface area contributed by atoms with Gasteiger partial charge in [-0.05, 0) is 25.0 Å². The summed E-state index contributed by atoms with van der Waals surface area (Å²) in [7, 11) is 0. The summed E-state index contributed by atoms with van der Waals surface area (Å²) in [5.74, 6) is 1.67. The van der Waals surface area contributed by atoms with E-state index in [4.69, 9.17) is 4.42 Å². The Kier molecular flexibility index (Phi) is 4.03. The molecule has 1 N–H and O–H groups in total. The fraction of sp³-hybridized carbons (Fsp3) is 0.533. The molecule has 0 bridgehead atoms. The van der Waals surface area contributed by atoms with Crippen LogP contribution in [0, 0.1) is 0 Å². The second kappa shape index (κ2) is 6.11. The molecule has 2 aromatic heterocycles. The fourth-order valence-electron chi connectivity index (χ4n) is 2.83. The molecule has 0 spiro atoms. The summed E-state index contributed by atoms with van der Waals surface area (Å²) < 4.78 is 5.39. The Balaban J connectivity index is 1.81. The molecule has 0 saturated heterocycles. The van der Waals surface area contributed by atoms with Crippen molar-refractivity contribution in [3.63, 3.8) is 0 Å². The molecule has 6 heteroatoms. The number of carbonyl (C=O) groups is 1. The second-order valence-corrected chi connectivity index (χ2v) is 5.41. The summed E-state index contributed by atoms with van der Waals surface area (Å²) in [5.41, 5.74) is 0. The summed E-state index contributed by atoms with van der Waals surface area (Å²) in [5, 5.41) is 6.86. The number of nitrogens with zero attached hydrogens (tertiary/aromatic N) is 3. The zero-order valence-corrected chi connectivity index (χ0v) is 12.2. The van der Waals surface area contributed by atoms with Crippen LogP contribution >= 0.6 is 0 Å². The van der Waals surface area contributed by atoms with Crippen molar-refractivity contribution in [2.45, 2.75) is 51.6 Å². The minimum absolute atomic E-state index is 0.116. The van der Waals surface area contributed by atoms with Gasteiger partial charge in [-0.15, -0.1) is 5.10 Å². The molecule has 1 saturated carbocycles. The molecule has 2 aromatic rings. The fourth-order valence-corrected chi connectivity index (χ4v) is 2.83. The largest absolute Gasteiger partial charge is 0.467 e. The molecule has 1 amide bonds. The van der Waals surface area contributed by atoms with Gasteiger partial charge in [0.25, 0.3) is 5.91 Å². The third-order valence-electron chi connectivity index (χ3n) is 3.99. The van der Waals surface area contributed by atoms with Crippen LogP contribution in [0.25, 0.3) is 0 Å². The first-order valence-corrected chi connectivity index (χ1v) is 7.52. The van der Waals surface area contributed by atoms with Crippen molar-refractivity contribution in [1.29, 1.82) is 0 Å². The maximum absolute atomic E-state index is 12.7. The number of aryl methyl sites for hydroxylation is 1. The van der Waals surface area contributed by atoms with Gasteiger partial charge in [0, 0.05) is 12.5 Å². The van der Waals surface area contributed by atoms with Gasteiger partial charge in [0.05, 0.1) is 12.8 Å². The van der Waals surface area contributed by atoms with E-state index >= 15 is 0 Å². The van der Waals surface area contributed by atoms with E-state index in [0.717, 1.165) is 30.8 Å². The standard InChI is InChI=1S/C15H20N4O2/c1-2-13-16-14(18-17-13)15(20)19(11-6-3-4-7-11)10-12-8-5-9-21-12/h5,8-9,11H,2-4,6-7,10H2,1H3,(H,16,17,18). The van der Waals surface area contributed by atoms with Gasteiger partial charge in [-0.25, -0.2) is 4.98 Å². The van der Waals surface area contributed by atoms with Crippen LogP contribution in [0.15, 0.2) is 22.8 Å². The number of hydrogen-bond donors (Lipinski definition) is 1. The van der Waals surface area contributed by atoms with Crippen molar-refractivity contribution in [2.24, 2.45) is 0 Å². The number of H-pyrrole nitrogens is 1. The molecule has 2 heterocycles. The zero-order chi connectivity index (χ0) is 14.7. The van der Waals surface area contributed by atoms with Crippen molar-refractivity contribution in [3.05, 3.63) is 35.8 Å². The summed E-state index contributed by atoms with van der Waals surface area (Å²) >= 11 is 0. The van der Waals surface area contributed by atoms with E-state index in [-0.39, 0.29) is 17.8 Å². The zero-order valence-electron chi connectivity index (χ0n) is 12.2. The molecule has 0 radical (unpaired) electrons. The highest BCUT2D eigenvalue weighted by Gasteiger charge is 2.30. The van der Waals surface area contributed by atoms with Crippen LogP contribution in [0.4, 0.5) is 0 Å². The monoisotopic (exact) mass is 288 g/mol. The topological polar surface area (TPSA) is 75.0 Å². The lowest BCUT2D eigenvalue weighted by Crippen LogP contribution is -2.38. The minimum Gasteiger partial charge on any atom is -0.467 e. The van der Waals surface area contributed by atoms with Crippen molar-refractivity contribution in [2.75, 3.05) is 0 Å². The first-order valence-electron chi connectivity index (χ1n) is 7.52. The third kappa shape index (κ3) is 2.99. The lowest BCUT2D eigenvalue weighted by molar-refractivity contribution is 0.0636. The van der Waals surface area contributed by atoms with Crippen molar-refractivity contribution >= 4 is 5.91 Å². The molecule has 3 rings (SSSR count). The van der Waals surface area contributed by atoms with Crippen LogP contribution < -0.4 is 0 Å². The number of hydrogen-bond acceptors (Lipinski definition) is 4. The Morgan fingerprint density at radius 1 is 1.48 bits per heavy atom. The van der Waals surface area contributed by atoms with Gasteiger partial charge in [0.2, 0.25) is 5.82 Å². The predicted octanol–water partition coefficient (Wildman–Crippen LogP) is 2.55. The highest BCUT2D eigenvalue weighted by molar-refractivity contribution is 5.90. The Labute approximate surface area is 123 Å². The van der Waals surface area contributed by atoms with Crippen LogP contribution in [0.3, 0.4) is 0 Å². The van der Waals surface area contributed by atoms with Crippen LogP contribution in [0.1, 0.15) is 54.8 Å². The number of aromatic nitrogens is 3. The van der Waals surface area contributed by atoms with Crippen LogP contribution in [-0.4, -0.2) is 32.0 Å². The summed E-state index contributed by atoms with van der Waals surface area (Å²) in [6, 6.07) is 3.99. The molecule has 1 aliphatic carbocycles. The average molecular weight is 288 g/mol. The van der Waals surface area contributed by atoms with Crippen molar-refractivity contribution in [1.82, 2.24) is 20.1 Å². The second-order valence-electron chi connectivity index (χ2n) is 5.41. The van der Waals surface area contributed by atoms with Gasteiger partial charge in [-0.3, -0.25) is 9.89 Å². The Morgan fingerprint density at radius 3 is 2.90 bits per heavy atom. The normalized spacial score (nSPS) is 15.5. The lowest BCUT2D eigenvalue weighted by Gasteiger charge is -2.27.